The maximum absolute atomic E-state index is 5.58. The number of nitrogens with zero attached hydrogens (tertiary/aromatic N) is 2. The fourth-order valence-corrected chi connectivity index (χ4v) is 3.83. The van der Waals surface area contributed by atoms with Crippen LogP contribution in [0.25, 0.3) is 0 Å². The zero-order valence-corrected chi connectivity index (χ0v) is 13.9. The molecule has 0 amide bonds. The summed E-state index contributed by atoms with van der Waals surface area (Å²) in [6, 6.07) is 10.8. The van der Waals surface area contributed by atoms with Gasteiger partial charge in [-0.25, -0.2) is 5.01 Å². The largest absolute Gasteiger partial charge is 0.358 e. The first kappa shape index (κ1) is 15.2. The average molecular weight is 313 g/mol. The summed E-state index contributed by atoms with van der Waals surface area (Å²) in [4.78, 5) is 0. The second kappa shape index (κ2) is 6.61. The number of rotatable bonds is 3. The van der Waals surface area contributed by atoms with Crippen LogP contribution in [0, 0.1) is 11.8 Å². The summed E-state index contributed by atoms with van der Waals surface area (Å²) in [6.07, 6.45) is 5.53. The molecule has 1 aromatic carbocycles. The molecule has 4 heteroatoms. The van der Waals surface area contributed by atoms with Crippen LogP contribution in [0.5, 0.6) is 0 Å². The molecule has 3 atom stereocenters. The van der Waals surface area contributed by atoms with E-state index in [4.69, 9.17) is 17.3 Å². The first-order valence-corrected chi connectivity index (χ1v) is 8.44. The Morgan fingerprint density at radius 2 is 2.18 bits per heavy atom. The molecule has 0 saturated heterocycles. The van der Waals surface area contributed by atoms with Crippen molar-refractivity contribution in [2.24, 2.45) is 16.9 Å². The van der Waals surface area contributed by atoms with E-state index in [-0.39, 0.29) is 6.04 Å². The third-order valence-electron chi connectivity index (χ3n) is 4.65. The van der Waals surface area contributed by atoms with Gasteiger partial charge in [-0.3, -0.25) is 0 Å². The standard InChI is InChI=1S/C18H23N3S/c1-3-12-19-18(22)21-17(14-9-5-4-6-10-14)15-11-7-8-13(2)16(15)20-21/h3-6,9-10,13,15,17H,1,7-8,11-12H2,2H3,(H,19,22)/t13?,15-,17+/m1/s1. The van der Waals surface area contributed by atoms with E-state index >= 15 is 0 Å². The topological polar surface area (TPSA) is 27.6 Å². The minimum absolute atomic E-state index is 0.226. The van der Waals surface area contributed by atoms with E-state index in [9.17, 15) is 0 Å². The second-order valence-electron chi connectivity index (χ2n) is 6.14. The molecular formula is C18H23N3S. The van der Waals surface area contributed by atoms with Crippen molar-refractivity contribution in [2.75, 3.05) is 6.54 Å². The molecule has 1 unspecified atom stereocenters. The molecule has 116 valence electrons. The van der Waals surface area contributed by atoms with Crippen LogP contribution in [0.15, 0.2) is 48.1 Å². The molecule has 1 aromatic rings. The summed E-state index contributed by atoms with van der Waals surface area (Å²) in [5.74, 6) is 1.03. The maximum atomic E-state index is 5.58. The normalized spacial score (nSPS) is 27.0. The highest BCUT2D eigenvalue weighted by molar-refractivity contribution is 7.80. The van der Waals surface area contributed by atoms with Crippen LogP contribution in [0.4, 0.5) is 0 Å². The number of thiocarbonyl (C=S) groups is 1. The second-order valence-corrected chi connectivity index (χ2v) is 6.52. The first-order chi connectivity index (χ1) is 10.7. The minimum atomic E-state index is 0.226. The number of hydrazone groups is 1. The Morgan fingerprint density at radius 3 is 2.91 bits per heavy atom. The molecule has 3 nitrogen and oxygen atoms in total. The molecule has 1 saturated carbocycles. The number of fused-ring (bicyclic) bond motifs is 1. The van der Waals surface area contributed by atoms with Gasteiger partial charge in [0.1, 0.15) is 0 Å². The van der Waals surface area contributed by atoms with Gasteiger partial charge in [0, 0.05) is 18.2 Å². The fourth-order valence-electron chi connectivity index (χ4n) is 3.59. The van der Waals surface area contributed by atoms with Crippen LogP contribution < -0.4 is 5.32 Å². The van der Waals surface area contributed by atoms with Crippen LogP contribution in [0.1, 0.15) is 37.8 Å². The Labute approximate surface area is 138 Å². The van der Waals surface area contributed by atoms with Crippen LogP contribution in [0.3, 0.4) is 0 Å². The Hall–Kier alpha value is -1.68. The lowest BCUT2D eigenvalue weighted by Gasteiger charge is -2.31. The summed E-state index contributed by atoms with van der Waals surface area (Å²) in [7, 11) is 0. The summed E-state index contributed by atoms with van der Waals surface area (Å²) < 4.78 is 0. The third kappa shape index (κ3) is 2.80. The van der Waals surface area contributed by atoms with Gasteiger partial charge in [-0.15, -0.1) is 6.58 Å². The predicted molar refractivity (Wildman–Crippen MR) is 95.8 cm³/mol. The smallest absolute Gasteiger partial charge is 0.190 e. The van der Waals surface area contributed by atoms with E-state index in [2.05, 4.69) is 49.2 Å². The molecule has 3 rings (SSSR count). The van der Waals surface area contributed by atoms with E-state index in [1.165, 1.54) is 30.5 Å². The van der Waals surface area contributed by atoms with Gasteiger partial charge in [0.25, 0.3) is 0 Å². The Kier molecular flexibility index (Phi) is 4.57. The molecular weight excluding hydrogens is 290 g/mol. The van der Waals surface area contributed by atoms with Crippen LogP contribution in [-0.2, 0) is 0 Å². The van der Waals surface area contributed by atoms with Crippen molar-refractivity contribution in [1.29, 1.82) is 0 Å². The lowest BCUT2D eigenvalue weighted by Crippen LogP contribution is -2.38. The van der Waals surface area contributed by atoms with Crippen LogP contribution in [0.2, 0.25) is 0 Å². The first-order valence-electron chi connectivity index (χ1n) is 8.03. The Balaban J connectivity index is 1.93. The van der Waals surface area contributed by atoms with Crippen molar-refractivity contribution >= 4 is 23.0 Å². The number of hydrogen-bond donors (Lipinski definition) is 1. The predicted octanol–water partition coefficient (Wildman–Crippen LogP) is 3.90. The van der Waals surface area contributed by atoms with Gasteiger partial charge >= 0.3 is 0 Å². The molecule has 0 bridgehead atoms. The van der Waals surface area contributed by atoms with Crippen molar-refractivity contribution in [2.45, 2.75) is 32.2 Å². The molecule has 2 aliphatic rings. The summed E-state index contributed by atoms with van der Waals surface area (Å²) in [5.41, 5.74) is 2.62. The van der Waals surface area contributed by atoms with Gasteiger partial charge in [-0.05, 0) is 36.5 Å². The van der Waals surface area contributed by atoms with E-state index < -0.39 is 0 Å². The third-order valence-corrected chi connectivity index (χ3v) is 4.98. The van der Waals surface area contributed by atoms with Crippen molar-refractivity contribution in [1.82, 2.24) is 10.3 Å². The Bertz CT molecular complexity index is 581. The van der Waals surface area contributed by atoms with E-state index in [0.29, 0.717) is 23.5 Å². The van der Waals surface area contributed by atoms with E-state index in [1.807, 2.05) is 11.1 Å². The maximum Gasteiger partial charge on any atom is 0.190 e. The summed E-state index contributed by atoms with van der Waals surface area (Å²) >= 11 is 5.58. The average Bonchev–Trinajstić information content (AvgIpc) is 2.94. The highest BCUT2D eigenvalue weighted by Gasteiger charge is 2.43. The van der Waals surface area contributed by atoms with Crippen molar-refractivity contribution in [3.05, 3.63) is 48.6 Å². The monoisotopic (exact) mass is 313 g/mol. The van der Waals surface area contributed by atoms with Crippen molar-refractivity contribution in [3.63, 3.8) is 0 Å². The molecule has 1 aliphatic heterocycles. The van der Waals surface area contributed by atoms with Crippen LogP contribution >= 0.6 is 12.2 Å². The van der Waals surface area contributed by atoms with Gasteiger partial charge in [-0.2, -0.15) is 5.10 Å². The van der Waals surface area contributed by atoms with Crippen LogP contribution in [-0.4, -0.2) is 22.4 Å². The van der Waals surface area contributed by atoms with E-state index in [0.717, 1.165) is 0 Å². The van der Waals surface area contributed by atoms with Gasteiger partial charge in [0.05, 0.1) is 6.04 Å². The van der Waals surface area contributed by atoms with E-state index in [1.54, 1.807) is 0 Å². The molecule has 0 spiro atoms. The zero-order valence-electron chi connectivity index (χ0n) is 13.0. The zero-order chi connectivity index (χ0) is 15.5. The van der Waals surface area contributed by atoms with Crippen molar-refractivity contribution in [3.8, 4) is 0 Å². The van der Waals surface area contributed by atoms with Gasteiger partial charge in [0.2, 0.25) is 0 Å². The lowest BCUT2D eigenvalue weighted by atomic mass is 9.76. The molecule has 1 fully saturated rings. The fraction of sp³-hybridized carbons (Fsp3) is 0.444. The SMILES string of the molecule is C=CCNC(=S)N1N=C2C(C)CCC[C@H]2[C@@H]1c1ccccc1. The molecule has 1 heterocycles. The quantitative estimate of drug-likeness (QED) is 0.677. The van der Waals surface area contributed by atoms with Gasteiger partial charge in [-0.1, -0.05) is 49.8 Å². The van der Waals surface area contributed by atoms with Crippen molar-refractivity contribution < 1.29 is 0 Å². The minimum Gasteiger partial charge on any atom is -0.358 e. The molecule has 0 radical (unpaired) electrons. The molecule has 0 aromatic heterocycles. The highest BCUT2D eigenvalue weighted by atomic mass is 32.1. The number of benzene rings is 1. The number of hydrogen-bond acceptors (Lipinski definition) is 2. The van der Waals surface area contributed by atoms with Gasteiger partial charge < -0.3 is 5.32 Å². The lowest BCUT2D eigenvalue weighted by molar-refractivity contribution is 0.293. The van der Waals surface area contributed by atoms with Gasteiger partial charge in [0.15, 0.2) is 5.11 Å². The highest BCUT2D eigenvalue weighted by Crippen LogP contribution is 2.43. The molecule has 22 heavy (non-hydrogen) atoms. The molecule has 1 aliphatic carbocycles. The summed E-state index contributed by atoms with van der Waals surface area (Å²) in [5, 5.41) is 10.9. The molecule has 1 N–H and O–H groups in total. The number of nitrogens with one attached hydrogen (secondary N) is 1. The summed E-state index contributed by atoms with van der Waals surface area (Å²) in [6.45, 7) is 6.70. The Morgan fingerprint density at radius 1 is 1.41 bits per heavy atom.